The molecule has 0 unspecified atom stereocenters. The summed E-state index contributed by atoms with van der Waals surface area (Å²) in [5, 5.41) is 0. The van der Waals surface area contributed by atoms with Crippen LogP contribution in [0.4, 0.5) is 4.39 Å². The van der Waals surface area contributed by atoms with Crippen LogP contribution in [0.1, 0.15) is 70.1 Å². The van der Waals surface area contributed by atoms with Gasteiger partial charge in [-0.3, -0.25) is 19.2 Å². The van der Waals surface area contributed by atoms with E-state index in [1.165, 1.54) is 30.3 Å². The molecule has 4 aromatic rings. The van der Waals surface area contributed by atoms with Gasteiger partial charge in [0, 0.05) is 22.3 Å². The highest BCUT2D eigenvalue weighted by molar-refractivity contribution is 6.37. The van der Waals surface area contributed by atoms with Crippen LogP contribution in [0, 0.1) is 18.2 Å². The number of carbonyl (C=O) groups is 4. The van der Waals surface area contributed by atoms with Crippen LogP contribution in [-0.2, 0) is 4.74 Å². The van der Waals surface area contributed by atoms with E-state index in [0.29, 0.717) is 5.56 Å². The van der Waals surface area contributed by atoms with E-state index < -0.39 is 52.0 Å². The van der Waals surface area contributed by atoms with Gasteiger partial charge in [0.1, 0.15) is 17.3 Å². The maximum Gasteiger partial charge on any atom is 0.204 e. The summed E-state index contributed by atoms with van der Waals surface area (Å²) in [5.41, 5.74) is -1.97. The first-order valence-corrected chi connectivity index (χ1v) is 12.7. The molecule has 1 fully saturated rings. The first-order chi connectivity index (χ1) is 18.8. The second-order valence-electron chi connectivity index (χ2n) is 10.4. The van der Waals surface area contributed by atoms with Crippen LogP contribution >= 0.6 is 0 Å². The number of halogens is 1. The summed E-state index contributed by atoms with van der Waals surface area (Å²) in [4.78, 5) is 57.7. The summed E-state index contributed by atoms with van der Waals surface area (Å²) >= 11 is 0. The van der Waals surface area contributed by atoms with Crippen molar-refractivity contribution in [3.63, 3.8) is 0 Å². The van der Waals surface area contributed by atoms with E-state index in [0.717, 1.165) is 5.56 Å². The second kappa shape index (κ2) is 7.98. The molecule has 7 rings (SSSR count). The minimum Gasteiger partial charge on any atom is -0.348 e. The van der Waals surface area contributed by atoms with Crippen LogP contribution < -0.4 is 0 Å². The van der Waals surface area contributed by atoms with E-state index in [1.807, 2.05) is 19.1 Å². The third-order valence-electron chi connectivity index (χ3n) is 8.40. The van der Waals surface area contributed by atoms with Gasteiger partial charge in [-0.2, -0.15) is 0 Å². The fourth-order valence-electron chi connectivity index (χ4n) is 6.75. The van der Waals surface area contributed by atoms with Crippen LogP contribution in [0.2, 0.25) is 0 Å². The fraction of sp³-hybridized carbons (Fsp3) is 0.152. The zero-order chi connectivity index (χ0) is 27.1. The molecule has 2 atom stereocenters. The number of fused-ring (bicyclic) bond motifs is 2. The first-order valence-electron chi connectivity index (χ1n) is 12.7. The zero-order valence-corrected chi connectivity index (χ0v) is 20.8. The van der Waals surface area contributed by atoms with Gasteiger partial charge in [-0.25, -0.2) is 4.39 Å². The van der Waals surface area contributed by atoms with Crippen LogP contribution in [0.5, 0.6) is 0 Å². The molecule has 1 aliphatic heterocycles. The van der Waals surface area contributed by atoms with E-state index in [-0.39, 0.29) is 27.8 Å². The third kappa shape index (κ3) is 2.81. The zero-order valence-electron chi connectivity index (χ0n) is 20.8. The maximum absolute atomic E-state index is 14.8. The van der Waals surface area contributed by atoms with Crippen molar-refractivity contribution in [1.29, 1.82) is 0 Å². The standard InChI is InChI=1S/C33H21FO5/c1-18-13-15-19(16-14-18)31-32(27(35)22-9-2-3-10-23(22)28(32)36)26(20-7-6-8-21(34)17-20)33(39-31)29(37)24-11-4-5-12-25(24)30(33)38/h2-17,26,31H,1H3/t26-,31-/m1/s1. The number of Topliss-reactive ketones (excluding diaryl/α,β-unsaturated/α-hetero) is 4. The van der Waals surface area contributed by atoms with Crippen molar-refractivity contribution in [2.75, 3.05) is 0 Å². The van der Waals surface area contributed by atoms with Crippen molar-refractivity contribution in [2.45, 2.75) is 24.5 Å². The van der Waals surface area contributed by atoms with E-state index >= 15 is 0 Å². The van der Waals surface area contributed by atoms with Crippen molar-refractivity contribution in [3.8, 4) is 0 Å². The first kappa shape index (κ1) is 23.6. The lowest BCUT2D eigenvalue weighted by atomic mass is 9.60. The molecule has 5 nitrogen and oxygen atoms in total. The number of aryl methyl sites for hydroxylation is 1. The quantitative estimate of drug-likeness (QED) is 0.311. The molecule has 3 aliphatic rings. The third-order valence-corrected chi connectivity index (χ3v) is 8.40. The van der Waals surface area contributed by atoms with Crippen molar-refractivity contribution in [2.24, 2.45) is 5.41 Å². The molecule has 6 heteroatoms. The Kier molecular flexibility index (Phi) is 4.82. The number of ether oxygens (including phenoxy) is 1. The van der Waals surface area contributed by atoms with Gasteiger partial charge in [0.15, 0.2) is 11.6 Å². The van der Waals surface area contributed by atoms with Gasteiger partial charge in [0.25, 0.3) is 0 Å². The summed E-state index contributed by atoms with van der Waals surface area (Å²) < 4.78 is 21.4. The Morgan fingerprint density at radius 3 is 1.64 bits per heavy atom. The summed E-state index contributed by atoms with van der Waals surface area (Å²) in [6, 6.07) is 25.3. The lowest BCUT2D eigenvalue weighted by molar-refractivity contribution is -0.0210. The molecular weight excluding hydrogens is 495 g/mol. The summed E-state index contributed by atoms with van der Waals surface area (Å²) in [7, 11) is 0. The van der Waals surface area contributed by atoms with Gasteiger partial charge < -0.3 is 4.74 Å². The molecular formula is C33H21FO5. The summed E-state index contributed by atoms with van der Waals surface area (Å²) in [6.45, 7) is 1.90. The largest absolute Gasteiger partial charge is 0.348 e. The van der Waals surface area contributed by atoms with Gasteiger partial charge >= 0.3 is 0 Å². The predicted molar refractivity (Wildman–Crippen MR) is 140 cm³/mol. The summed E-state index contributed by atoms with van der Waals surface area (Å²) in [6.07, 6.45) is -1.28. The minimum absolute atomic E-state index is 0.152. The fourth-order valence-corrected chi connectivity index (χ4v) is 6.75. The van der Waals surface area contributed by atoms with Crippen LogP contribution in [-0.4, -0.2) is 28.7 Å². The van der Waals surface area contributed by atoms with Gasteiger partial charge in [-0.05, 0) is 30.2 Å². The SMILES string of the molecule is Cc1ccc([C@H]2OC3(C(=O)c4ccccc4C3=O)[C@H](c3cccc(F)c3)C23C(=O)c2ccccc2C3=O)cc1. The second-order valence-corrected chi connectivity index (χ2v) is 10.4. The Balaban J connectivity index is 1.60. The van der Waals surface area contributed by atoms with E-state index in [9.17, 15) is 23.6 Å². The monoisotopic (exact) mass is 516 g/mol. The minimum atomic E-state index is -2.24. The smallest absolute Gasteiger partial charge is 0.204 e. The van der Waals surface area contributed by atoms with Crippen LogP contribution in [0.3, 0.4) is 0 Å². The lowest BCUT2D eigenvalue weighted by Crippen LogP contribution is -2.51. The van der Waals surface area contributed by atoms with Crippen LogP contribution in [0.15, 0.2) is 97.1 Å². The van der Waals surface area contributed by atoms with E-state index in [1.54, 1.807) is 54.6 Å². The highest BCUT2D eigenvalue weighted by Crippen LogP contribution is 2.67. The Hall–Kier alpha value is -4.55. The van der Waals surface area contributed by atoms with Crippen molar-refractivity contribution < 1.29 is 28.3 Å². The number of benzene rings is 4. The maximum atomic E-state index is 14.8. The van der Waals surface area contributed by atoms with Crippen molar-refractivity contribution in [3.05, 3.63) is 142 Å². The highest BCUT2D eigenvalue weighted by Gasteiger charge is 2.79. The van der Waals surface area contributed by atoms with E-state index in [2.05, 4.69) is 0 Å². The van der Waals surface area contributed by atoms with Crippen LogP contribution in [0.25, 0.3) is 0 Å². The van der Waals surface area contributed by atoms with Gasteiger partial charge in [-0.15, -0.1) is 0 Å². The highest BCUT2D eigenvalue weighted by atomic mass is 19.1. The van der Waals surface area contributed by atoms with Crippen molar-refractivity contribution >= 4 is 23.1 Å². The number of hydrogen-bond donors (Lipinski definition) is 0. The topological polar surface area (TPSA) is 77.5 Å². The van der Waals surface area contributed by atoms with Gasteiger partial charge in [0.2, 0.25) is 17.2 Å². The molecule has 39 heavy (non-hydrogen) atoms. The molecule has 1 saturated heterocycles. The van der Waals surface area contributed by atoms with Gasteiger partial charge in [-0.1, -0.05) is 90.5 Å². The summed E-state index contributed by atoms with van der Waals surface area (Å²) in [5.74, 6) is -4.40. The number of carbonyl (C=O) groups excluding carboxylic acids is 4. The molecule has 4 aromatic carbocycles. The van der Waals surface area contributed by atoms with Gasteiger partial charge in [0.05, 0.1) is 5.92 Å². The molecule has 0 N–H and O–H groups in total. The molecule has 1 heterocycles. The molecule has 190 valence electrons. The molecule has 0 bridgehead atoms. The number of rotatable bonds is 2. The number of hydrogen-bond acceptors (Lipinski definition) is 5. The molecule has 0 amide bonds. The average Bonchev–Trinajstić information content (AvgIpc) is 3.47. The van der Waals surface area contributed by atoms with E-state index in [4.69, 9.17) is 4.74 Å². The molecule has 0 radical (unpaired) electrons. The Morgan fingerprint density at radius 1 is 0.615 bits per heavy atom. The Bertz CT molecular complexity index is 1680. The molecule has 0 saturated carbocycles. The molecule has 2 spiro atoms. The Morgan fingerprint density at radius 2 is 1.13 bits per heavy atom. The van der Waals surface area contributed by atoms with Crippen molar-refractivity contribution in [1.82, 2.24) is 0 Å². The Labute approximate surface area is 223 Å². The predicted octanol–water partition coefficient (Wildman–Crippen LogP) is 5.87. The lowest BCUT2D eigenvalue weighted by Gasteiger charge is -2.34. The normalized spacial score (nSPS) is 22.1. The molecule has 0 aromatic heterocycles. The average molecular weight is 517 g/mol. The number of ketones is 4. The molecule has 2 aliphatic carbocycles.